The number of carbonyl (C=O) groups excluding carboxylic acids is 2. The van der Waals surface area contributed by atoms with Crippen molar-refractivity contribution in [2.75, 3.05) is 11.5 Å². The van der Waals surface area contributed by atoms with Gasteiger partial charge in [0.05, 0.1) is 52.9 Å². The number of nitriles is 1. The molecule has 7 rings (SSSR count). The molecule has 4 aromatic rings. The van der Waals surface area contributed by atoms with E-state index in [1.165, 1.54) is 4.90 Å². The zero-order chi connectivity index (χ0) is 27.1. The molecule has 3 fully saturated rings. The standard InChI is InChI=1S/C29H25N5O5/c1-28-21(35)14-29(39-28,11-13-38-25-19-8-5-12-31-24(19)33(2)32-25)23-22(28)26(36)34(27(23)37)20-10-9-16(15-30)17-6-3-4-7-18(17)20/h3-10,12,21-23,35H,11,13-14H2,1-2H3/t21-,22-,23+,28-,29+/m0/s1. The van der Waals surface area contributed by atoms with Gasteiger partial charge in [-0.3, -0.25) is 9.59 Å². The second kappa shape index (κ2) is 8.09. The Bertz CT molecular complexity index is 1740. The summed E-state index contributed by atoms with van der Waals surface area (Å²) >= 11 is 0. The Balaban J connectivity index is 1.23. The molecule has 3 aliphatic heterocycles. The molecular formula is C29H25N5O5. The van der Waals surface area contributed by atoms with Crippen LogP contribution < -0.4 is 9.64 Å². The van der Waals surface area contributed by atoms with Crippen LogP contribution in [0, 0.1) is 23.2 Å². The van der Waals surface area contributed by atoms with E-state index in [1.807, 2.05) is 24.3 Å². The number of hydrogen-bond donors (Lipinski definition) is 1. The maximum atomic E-state index is 14.1. The van der Waals surface area contributed by atoms with Crippen LogP contribution in [0.2, 0.25) is 0 Å². The normalized spacial score (nSPS) is 29.4. The van der Waals surface area contributed by atoms with Crippen LogP contribution in [-0.2, 0) is 21.4 Å². The van der Waals surface area contributed by atoms with Crippen LogP contribution in [0.15, 0.2) is 54.7 Å². The molecule has 3 aliphatic rings. The highest BCUT2D eigenvalue weighted by Gasteiger charge is 2.77. The summed E-state index contributed by atoms with van der Waals surface area (Å²) in [4.78, 5) is 33.5. The molecule has 2 aromatic heterocycles. The monoisotopic (exact) mass is 523 g/mol. The van der Waals surface area contributed by atoms with E-state index in [-0.39, 0.29) is 18.9 Å². The first-order valence-electron chi connectivity index (χ1n) is 12.9. The minimum Gasteiger partial charge on any atom is -0.476 e. The summed E-state index contributed by atoms with van der Waals surface area (Å²) in [5.41, 5.74) is -0.675. The fraction of sp³-hybridized carbons (Fsp3) is 0.345. The maximum absolute atomic E-state index is 14.1. The summed E-state index contributed by atoms with van der Waals surface area (Å²) in [6.45, 7) is 1.89. The van der Waals surface area contributed by atoms with E-state index in [0.717, 1.165) is 5.39 Å². The fourth-order valence-corrected chi connectivity index (χ4v) is 6.92. The lowest BCUT2D eigenvalue weighted by molar-refractivity contribution is -0.134. The zero-order valence-corrected chi connectivity index (χ0v) is 21.4. The van der Waals surface area contributed by atoms with Gasteiger partial charge in [-0.15, -0.1) is 5.10 Å². The highest BCUT2D eigenvalue weighted by molar-refractivity contribution is 6.26. The number of amides is 2. The highest BCUT2D eigenvalue weighted by Crippen LogP contribution is 2.62. The summed E-state index contributed by atoms with van der Waals surface area (Å²) in [6, 6.07) is 16.4. The topological polar surface area (TPSA) is 131 Å². The number of pyridine rings is 1. The van der Waals surface area contributed by atoms with Crippen LogP contribution >= 0.6 is 0 Å². The lowest BCUT2D eigenvalue weighted by Gasteiger charge is -2.33. The Morgan fingerprint density at radius 2 is 1.85 bits per heavy atom. The first-order valence-corrected chi connectivity index (χ1v) is 12.9. The maximum Gasteiger partial charge on any atom is 0.242 e. The van der Waals surface area contributed by atoms with Gasteiger partial charge in [-0.05, 0) is 31.2 Å². The summed E-state index contributed by atoms with van der Waals surface area (Å²) in [6.07, 6.45) is 1.29. The number of carbonyl (C=O) groups is 2. The van der Waals surface area contributed by atoms with Crippen molar-refractivity contribution in [3.8, 4) is 11.9 Å². The second-order valence-corrected chi connectivity index (χ2v) is 10.7. The Hall–Kier alpha value is -4.33. The molecule has 0 unspecified atom stereocenters. The van der Waals surface area contributed by atoms with Gasteiger partial charge in [0.15, 0.2) is 5.65 Å². The van der Waals surface area contributed by atoms with E-state index in [4.69, 9.17) is 9.47 Å². The number of nitrogens with zero attached hydrogens (tertiary/aromatic N) is 5. The molecule has 2 aromatic carbocycles. The van der Waals surface area contributed by atoms with Gasteiger partial charge >= 0.3 is 0 Å². The van der Waals surface area contributed by atoms with Crippen molar-refractivity contribution in [3.63, 3.8) is 0 Å². The molecule has 2 bridgehead atoms. The van der Waals surface area contributed by atoms with Crippen LogP contribution in [0.5, 0.6) is 5.88 Å². The number of aliphatic hydroxyl groups is 1. The zero-order valence-electron chi connectivity index (χ0n) is 21.4. The fourth-order valence-electron chi connectivity index (χ4n) is 6.92. The summed E-state index contributed by atoms with van der Waals surface area (Å²) < 4.78 is 14.1. The highest BCUT2D eigenvalue weighted by atomic mass is 16.6. The molecule has 5 heterocycles. The lowest BCUT2D eigenvalue weighted by atomic mass is 9.66. The van der Waals surface area contributed by atoms with Gasteiger partial charge in [0.1, 0.15) is 5.60 Å². The van der Waals surface area contributed by atoms with Crippen molar-refractivity contribution in [1.82, 2.24) is 14.8 Å². The van der Waals surface area contributed by atoms with E-state index in [9.17, 15) is 20.0 Å². The lowest BCUT2D eigenvalue weighted by Crippen LogP contribution is -2.49. The van der Waals surface area contributed by atoms with Gasteiger partial charge < -0.3 is 14.6 Å². The Morgan fingerprint density at radius 3 is 2.64 bits per heavy atom. The number of aryl methyl sites for hydroxylation is 1. The van der Waals surface area contributed by atoms with Gasteiger partial charge in [-0.1, -0.05) is 24.3 Å². The molecule has 10 heteroatoms. The summed E-state index contributed by atoms with van der Waals surface area (Å²) in [5.74, 6) is -1.93. The van der Waals surface area contributed by atoms with Crippen LogP contribution in [-0.4, -0.2) is 55.6 Å². The van der Waals surface area contributed by atoms with E-state index in [0.29, 0.717) is 40.0 Å². The number of ether oxygens (including phenoxy) is 2. The number of hydrogen-bond acceptors (Lipinski definition) is 8. The quantitative estimate of drug-likeness (QED) is 0.395. The first kappa shape index (κ1) is 23.8. The number of aromatic nitrogens is 3. The number of fused-ring (bicyclic) bond motifs is 7. The molecule has 39 heavy (non-hydrogen) atoms. The van der Waals surface area contributed by atoms with Gasteiger partial charge in [-0.25, -0.2) is 14.6 Å². The summed E-state index contributed by atoms with van der Waals surface area (Å²) in [5, 5.41) is 27.1. The minimum absolute atomic E-state index is 0.175. The predicted molar refractivity (Wildman–Crippen MR) is 140 cm³/mol. The third-order valence-corrected chi connectivity index (χ3v) is 8.71. The van der Waals surface area contributed by atoms with Crippen LogP contribution in [0.3, 0.4) is 0 Å². The van der Waals surface area contributed by atoms with Crippen molar-refractivity contribution in [1.29, 1.82) is 5.26 Å². The average molecular weight is 524 g/mol. The smallest absolute Gasteiger partial charge is 0.242 e. The van der Waals surface area contributed by atoms with Crippen molar-refractivity contribution in [3.05, 3.63) is 60.3 Å². The molecule has 0 radical (unpaired) electrons. The van der Waals surface area contributed by atoms with Gasteiger partial charge in [0.2, 0.25) is 17.7 Å². The van der Waals surface area contributed by atoms with Crippen LogP contribution in [0.25, 0.3) is 21.8 Å². The van der Waals surface area contributed by atoms with E-state index in [2.05, 4.69) is 16.2 Å². The van der Waals surface area contributed by atoms with Crippen molar-refractivity contribution in [2.24, 2.45) is 18.9 Å². The van der Waals surface area contributed by atoms with E-state index >= 15 is 0 Å². The van der Waals surface area contributed by atoms with Crippen molar-refractivity contribution in [2.45, 2.75) is 37.1 Å². The largest absolute Gasteiger partial charge is 0.476 e. The van der Waals surface area contributed by atoms with Crippen LogP contribution in [0.4, 0.5) is 5.69 Å². The van der Waals surface area contributed by atoms with Gasteiger partial charge in [0.25, 0.3) is 0 Å². The minimum atomic E-state index is -1.20. The molecule has 2 amide bonds. The van der Waals surface area contributed by atoms with Gasteiger partial charge in [0, 0.05) is 36.9 Å². The summed E-state index contributed by atoms with van der Waals surface area (Å²) in [7, 11) is 1.79. The molecular weight excluding hydrogens is 498 g/mol. The molecule has 1 N–H and O–H groups in total. The average Bonchev–Trinajstić information content (AvgIpc) is 3.58. The number of anilines is 1. The number of imide groups is 1. The third kappa shape index (κ3) is 3.08. The molecule has 0 spiro atoms. The molecule has 196 valence electrons. The molecule has 5 atom stereocenters. The predicted octanol–water partition coefficient (Wildman–Crippen LogP) is 2.86. The number of benzene rings is 2. The van der Waals surface area contributed by atoms with Crippen molar-refractivity contribution >= 4 is 39.3 Å². The van der Waals surface area contributed by atoms with E-state index in [1.54, 1.807) is 49.1 Å². The van der Waals surface area contributed by atoms with Crippen LogP contribution in [0.1, 0.15) is 25.3 Å². The van der Waals surface area contributed by atoms with Crippen molar-refractivity contribution < 1.29 is 24.2 Å². The first-order chi connectivity index (χ1) is 18.8. The van der Waals surface area contributed by atoms with Gasteiger partial charge in [-0.2, -0.15) is 5.26 Å². The molecule has 3 saturated heterocycles. The number of aliphatic hydroxyl groups excluding tert-OH is 1. The number of rotatable bonds is 5. The Kier molecular flexibility index (Phi) is 4.93. The molecule has 10 nitrogen and oxygen atoms in total. The Morgan fingerprint density at radius 1 is 1.10 bits per heavy atom. The third-order valence-electron chi connectivity index (χ3n) is 8.71. The Labute approximate surface area is 223 Å². The molecule has 0 saturated carbocycles. The molecule has 0 aliphatic carbocycles. The SMILES string of the molecule is Cn1nc(OCC[C@]23C[C@H](O)[C@](C)(O2)[C@@H]2C(=O)N(c4ccc(C#N)c5ccccc45)C(=O)[C@@H]23)c2cccnc21. The second-order valence-electron chi connectivity index (χ2n) is 10.7. The van der Waals surface area contributed by atoms with E-state index < -0.39 is 35.0 Å².